The number of carbonyl (C=O) groups excluding carboxylic acids is 1. The minimum atomic E-state index is -0.157. The molecule has 1 saturated carbocycles. The Labute approximate surface area is 133 Å². The lowest BCUT2D eigenvalue weighted by molar-refractivity contribution is 0.0974. The maximum atomic E-state index is 13.0. The first-order chi connectivity index (χ1) is 11.2. The van der Waals surface area contributed by atoms with E-state index in [1.54, 1.807) is 9.58 Å². The smallest absolute Gasteiger partial charge is 0.277 e. The van der Waals surface area contributed by atoms with Crippen LogP contribution in [-0.2, 0) is 13.0 Å². The SMILES string of the molecule is CCn1nc(C2CC2)cc1C(=O)N1CCCc2c1nc[nH]c2=O. The number of aromatic amines is 1. The normalized spacial score (nSPS) is 17.2. The van der Waals surface area contributed by atoms with Gasteiger partial charge in [0.2, 0.25) is 0 Å². The van der Waals surface area contributed by atoms with Crippen molar-refractivity contribution in [2.24, 2.45) is 0 Å². The first-order valence-electron chi connectivity index (χ1n) is 8.15. The average Bonchev–Trinajstić information content (AvgIpc) is 3.33. The summed E-state index contributed by atoms with van der Waals surface area (Å²) in [4.78, 5) is 33.4. The molecule has 0 spiro atoms. The van der Waals surface area contributed by atoms with Gasteiger partial charge in [-0.3, -0.25) is 19.2 Å². The van der Waals surface area contributed by atoms with E-state index in [1.165, 1.54) is 6.33 Å². The monoisotopic (exact) mass is 313 g/mol. The van der Waals surface area contributed by atoms with Gasteiger partial charge in [0.15, 0.2) is 0 Å². The Bertz CT molecular complexity index is 818. The van der Waals surface area contributed by atoms with Gasteiger partial charge in [-0.15, -0.1) is 0 Å². The van der Waals surface area contributed by atoms with Crippen LogP contribution in [0.15, 0.2) is 17.2 Å². The fraction of sp³-hybridized carbons (Fsp3) is 0.500. The Hall–Kier alpha value is -2.44. The molecule has 120 valence electrons. The minimum absolute atomic E-state index is 0.120. The van der Waals surface area contributed by atoms with E-state index in [0.717, 1.165) is 25.0 Å². The minimum Gasteiger partial charge on any atom is -0.313 e. The third kappa shape index (κ3) is 2.36. The van der Waals surface area contributed by atoms with Crippen LogP contribution in [0.25, 0.3) is 0 Å². The summed E-state index contributed by atoms with van der Waals surface area (Å²) in [5.41, 5.74) is 2.03. The van der Waals surface area contributed by atoms with Crippen molar-refractivity contribution in [2.45, 2.75) is 45.1 Å². The Morgan fingerprint density at radius 3 is 3.00 bits per heavy atom. The number of nitrogens with zero attached hydrogens (tertiary/aromatic N) is 4. The lowest BCUT2D eigenvalue weighted by atomic mass is 10.1. The van der Waals surface area contributed by atoms with E-state index in [-0.39, 0.29) is 11.5 Å². The highest BCUT2D eigenvalue weighted by Gasteiger charge is 2.32. The molecule has 4 rings (SSSR count). The van der Waals surface area contributed by atoms with Crippen LogP contribution in [0.1, 0.15) is 53.8 Å². The molecule has 2 aromatic rings. The number of H-pyrrole nitrogens is 1. The van der Waals surface area contributed by atoms with E-state index in [4.69, 9.17) is 0 Å². The fourth-order valence-electron chi connectivity index (χ4n) is 3.16. The number of nitrogens with one attached hydrogen (secondary N) is 1. The van der Waals surface area contributed by atoms with Crippen LogP contribution in [0.4, 0.5) is 5.82 Å². The Balaban J connectivity index is 1.73. The van der Waals surface area contributed by atoms with E-state index in [1.807, 2.05) is 13.0 Å². The van der Waals surface area contributed by atoms with Gasteiger partial charge < -0.3 is 4.98 Å². The Morgan fingerprint density at radius 2 is 2.26 bits per heavy atom. The van der Waals surface area contributed by atoms with E-state index in [9.17, 15) is 9.59 Å². The van der Waals surface area contributed by atoms with Crippen molar-refractivity contribution in [2.75, 3.05) is 11.4 Å². The number of aromatic nitrogens is 4. The standard InChI is InChI=1S/C16H19N5O2/c1-2-21-13(8-12(19-21)10-5-6-10)16(23)20-7-3-4-11-14(20)17-9-18-15(11)22/h8-10H,2-7H2,1H3,(H,17,18,22). The van der Waals surface area contributed by atoms with Gasteiger partial charge in [0.1, 0.15) is 11.5 Å². The second-order valence-electron chi connectivity index (χ2n) is 6.14. The number of hydrogen-bond acceptors (Lipinski definition) is 4. The predicted molar refractivity (Wildman–Crippen MR) is 84.7 cm³/mol. The first-order valence-corrected chi connectivity index (χ1v) is 8.15. The van der Waals surface area contributed by atoms with Crippen LogP contribution in [-0.4, -0.2) is 32.2 Å². The summed E-state index contributed by atoms with van der Waals surface area (Å²) in [6.07, 6.45) is 5.08. The number of rotatable bonds is 3. The van der Waals surface area contributed by atoms with Crippen molar-refractivity contribution >= 4 is 11.7 Å². The molecule has 2 aromatic heterocycles. The van der Waals surface area contributed by atoms with Crippen molar-refractivity contribution in [3.05, 3.63) is 39.7 Å². The summed E-state index contributed by atoms with van der Waals surface area (Å²) < 4.78 is 1.76. The number of aryl methyl sites for hydroxylation is 1. The van der Waals surface area contributed by atoms with Crippen molar-refractivity contribution in [3.8, 4) is 0 Å². The van der Waals surface area contributed by atoms with Gasteiger partial charge in [-0.05, 0) is 38.7 Å². The highest BCUT2D eigenvalue weighted by molar-refractivity contribution is 6.05. The average molecular weight is 313 g/mol. The summed E-state index contributed by atoms with van der Waals surface area (Å²) in [5.74, 6) is 0.871. The van der Waals surface area contributed by atoms with Gasteiger partial charge in [-0.2, -0.15) is 5.10 Å². The molecule has 0 saturated heterocycles. The number of anilines is 1. The molecule has 1 amide bonds. The van der Waals surface area contributed by atoms with Crippen LogP contribution < -0.4 is 10.5 Å². The third-order valence-corrected chi connectivity index (χ3v) is 4.55. The summed E-state index contributed by atoms with van der Waals surface area (Å²) in [6, 6.07) is 1.91. The molecule has 23 heavy (non-hydrogen) atoms. The molecule has 0 atom stereocenters. The quantitative estimate of drug-likeness (QED) is 0.929. The van der Waals surface area contributed by atoms with Crippen LogP contribution in [0.2, 0.25) is 0 Å². The van der Waals surface area contributed by atoms with Crippen LogP contribution >= 0.6 is 0 Å². The molecule has 0 radical (unpaired) electrons. The van der Waals surface area contributed by atoms with E-state index in [2.05, 4.69) is 15.1 Å². The van der Waals surface area contributed by atoms with Gasteiger partial charge >= 0.3 is 0 Å². The number of hydrogen-bond donors (Lipinski definition) is 1. The molecule has 1 fully saturated rings. The zero-order chi connectivity index (χ0) is 16.0. The maximum absolute atomic E-state index is 13.0. The lowest BCUT2D eigenvalue weighted by Gasteiger charge is -2.27. The van der Waals surface area contributed by atoms with E-state index in [0.29, 0.717) is 42.5 Å². The highest BCUT2D eigenvalue weighted by atomic mass is 16.2. The molecular formula is C16H19N5O2. The van der Waals surface area contributed by atoms with Gasteiger partial charge in [0.25, 0.3) is 11.5 Å². The second kappa shape index (κ2) is 5.33. The van der Waals surface area contributed by atoms with Crippen LogP contribution in [0.5, 0.6) is 0 Å². The Kier molecular flexibility index (Phi) is 3.28. The molecule has 7 heteroatoms. The topological polar surface area (TPSA) is 83.9 Å². The number of amides is 1. The van der Waals surface area contributed by atoms with Gasteiger partial charge in [-0.1, -0.05) is 0 Å². The molecule has 1 aliphatic heterocycles. The van der Waals surface area contributed by atoms with Crippen molar-refractivity contribution in [1.82, 2.24) is 19.7 Å². The summed E-state index contributed by atoms with van der Waals surface area (Å²) >= 11 is 0. The van der Waals surface area contributed by atoms with Gasteiger partial charge in [0.05, 0.1) is 17.6 Å². The third-order valence-electron chi connectivity index (χ3n) is 4.55. The molecule has 0 aromatic carbocycles. The first kappa shape index (κ1) is 14.2. The molecule has 0 unspecified atom stereocenters. The molecule has 1 N–H and O–H groups in total. The second-order valence-corrected chi connectivity index (χ2v) is 6.14. The zero-order valence-electron chi connectivity index (χ0n) is 13.1. The molecule has 7 nitrogen and oxygen atoms in total. The largest absolute Gasteiger partial charge is 0.313 e. The molecule has 2 aliphatic rings. The van der Waals surface area contributed by atoms with Gasteiger partial charge in [-0.25, -0.2) is 4.98 Å². The van der Waals surface area contributed by atoms with E-state index >= 15 is 0 Å². The summed E-state index contributed by atoms with van der Waals surface area (Å²) in [6.45, 7) is 3.21. The predicted octanol–water partition coefficient (Wildman–Crippen LogP) is 1.46. The summed E-state index contributed by atoms with van der Waals surface area (Å²) in [5, 5.41) is 4.56. The number of fused-ring (bicyclic) bond motifs is 1. The molecule has 3 heterocycles. The fourth-order valence-corrected chi connectivity index (χ4v) is 3.16. The maximum Gasteiger partial charge on any atom is 0.277 e. The van der Waals surface area contributed by atoms with Crippen molar-refractivity contribution in [3.63, 3.8) is 0 Å². The molecular weight excluding hydrogens is 294 g/mol. The van der Waals surface area contributed by atoms with Crippen molar-refractivity contribution < 1.29 is 4.79 Å². The Morgan fingerprint density at radius 1 is 1.43 bits per heavy atom. The molecule has 0 bridgehead atoms. The van der Waals surface area contributed by atoms with Crippen LogP contribution in [0, 0.1) is 0 Å². The molecule has 1 aliphatic carbocycles. The lowest BCUT2D eigenvalue weighted by Crippen LogP contribution is -2.39. The van der Waals surface area contributed by atoms with Crippen LogP contribution in [0.3, 0.4) is 0 Å². The zero-order valence-corrected chi connectivity index (χ0v) is 13.1. The number of carbonyl (C=O) groups is 1. The van der Waals surface area contributed by atoms with Crippen molar-refractivity contribution in [1.29, 1.82) is 0 Å². The van der Waals surface area contributed by atoms with E-state index < -0.39 is 0 Å². The summed E-state index contributed by atoms with van der Waals surface area (Å²) in [7, 11) is 0. The highest BCUT2D eigenvalue weighted by Crippen LogP contribution is 2.39. The van der Waals surface area contributed by atoms with Gasteiger partial charge in [0, 0.05) is 19.0 Å².